The molecule has 1 heterocycles. The summed E-state index contributed by atoms with van der Waals surface area (Å²) in [5, 5.41) is 0.446. The summed E-state index contributed by atoms with van der Waals surface area (Å²) in [5.74, 6) is 0. The zero-order chi connectivity index (χ0) is 14.0. The van der Waals surface area contributed by atoms with Gasteiger partial charge < -0.3 is 4.98 Å². The fraction of sp³-hybridized carbons (Fsp3) is 0.0833. The number of aromatic nitrogens is 1. The number of hydrogen-bond donors (Lipinski definition) is 2. The monoisotopic (exact) mass is 298 g/mol. The SMILES string of the molecule is Cc1c(Cl)cccc1NS(=O)(=O)c1c[nH]ccc1=O. The maximum Gasteiger partial charge on any atom is 0.267 e. The molecule has 0 bridgehead atoms. The molecule has 0 aliphatic carbocycles. The van der Waals surface area contributed by atoms with Crippen molar-refractivity contribution in [2.45, 2.75) is 11.8 Å². The van der Waals surface area contributed by atoms with Gasteiger partial charge in [0.05, 0.1) is 5.69 Å². The molecule has 2 rings (SSSR count). The van der Waals surface area contributed by atoms with Crippen molar-refractivity contribution >= 4 is 27.3 Å². The van der Waals surface area contributed by atoms with Crippen LogP contribution in [0.4, 0.5) is 5.69 Å². The number of sulfonamides is 1. The van der Waals surface area contributed by atoms with E-state index in [1.807, 2.05) is 0 Å². The van der Waals surface area contributed by atoms with Gasteiger partial charge in [0.1, 0.15) is 0 Å². The summed E-state index contributed by atoms with van der Waals surface area (Å²) >= 11 is 5.92. The summed E-state index contributed by atoms with van der Waals surface area (Å²) in [6.07, 6.45) is 2.51. The molecule has 0 aliphatic rings. The van der Waals surface area contributed by atoms with Crippen molar-refractivity contribution in [2.75, 3.05) is 4.72 Å². The van der Waals surface area contributed by atoms with Gasteiger partial charge in [-0.25, -0.2) is 8.42 Å². The first-order valence-electron chi connectivity index (χ1n) is 5.37. The maximum atomic E-state index is 12.1. The van der Waals surface area contributed by atoms with Crippen molar-refractivity contribution < 1.29 is 8.42 Å². The standard InChI is InChI=1S/C12H11ClN2O3S/c1-8-9(13)3-2-4-10(8)15-19(17,18)12-7-14-6-5-11(12)16/h2-7,15H,1H3,(H,14,16). The molecule has 2 N–H and O–H groups in total. The summed E-state index contributed by atoms with van der Waals surface area (Å²) in [6, 6.07) is 6.02. The normalized spacial score (nSPS) is 11.3. The number of anilines is 1. The lowest BCUT2D eigenvalue weighted by Gasteiger charge is -2.10. The van der Waals surface area contributed by atoms with E-state index in [1.165, 1.54) is 6.20 Å². The molecule has 0 saturated carbocycles. The van der Waals surface area contributed by atoms with Crippen molar-refractivity contribution in [1.29, 1.82) is 0 Å². The van der Waals surface area contributed by atoms with E-state index in [2.05, 4.69) is 9.71 Å². The highest BCUT2D eigenvalue weighted by atomic mass is 35.5. The number of hydrogen-bond acceptors (Lipinski definition) is 3. The predicted octanol–water partition coefficient (Wildman–Crippen LogP) is 2.14. The average Bonchev–Trinajstić information content (AvgIpc) is 2.35. The van der Waals surface area contributed by atoms with Crippen molar-refractivity contribution in [3.8, 4) is 0 Å². The Kier molecular flexibility index (Phi) is 3.64. The summed E-state index contributed by atoms with van der Waals surface area (Å²) in [6.45, 7) is 1.69. The number of halogens is 1. The molecule has 0 unspecified atom stereocenters. The quantitative estimate of drug-likeness (QED) is 0.911. The van der Waals surface area contributed by atoms with Crippen LogP contribution in [-0.2, 0) is 10.0 Å². The van der Waals surface area contributed by atoms with Gasteiger partial charge in [-0.05, 0) is 24.6 Å². The van der Waals surface area contributed by atoms with Crippen LogP contribution < -0.4 is 10.2 Å². The zero-order valence-corrected chi connectivity index (χ0v) is 11.5. The lowest BCUT2D eigenvalue weighted by molar-refractivity contribution is 0.600. The highest BCUT2D eigenvalue weighted by molar-refractivity contribution is 7.92. The van der Waals surface area contributed by atoms with Crippen molar-refractivity contribution in [1.82, 2.24) is 4.98 Å². The fourth-order valence-electron chi connectivity index (χ4n) is 1.53. The Morgan fingerprint density at radius 1 is 1.26 bits per heavy atom. The van der Waals surface area contributed by atoms with Crippen LogP contribution in [0.25, 0.3) is 0 Å². The van der Waals surface area contributed by atoms with Crippen LogP contribution in [0.2, 0.25) is 5.02 Å². The van der Waals surface area contributed by atoms with E-state index in [0.29, 0.717) is 16.3 Å². The molecule has 7 heteroatoms. The lowest BCUT2D eigenvalue weighted by atomic mass is 10.2. The Bertz CT molecular complexity index is 769. The number of benzene rings is 1. The molecule has 1 aromatic heterocycles. The highest BCUT2D eigenvalue weighted by Gasteiger charge is 2.18. The zero-order valence-electron chi connectivity index (χ0n) is 9.98. The predicted molar refractivity (Wildman–Crippen MR) is 74.1 cm³/mol. The molecule has 0 aliphatic heterocycles. The van der Waals surface area contributed by atoms with Crippen LogP contribution in [0.15, 0.2) is 46.3 Å². The Labute approximate surface area is 115 Å². The molecule has 0 saturated heterocycles. The van der Waals surface area contributed by atoms with Gasteiger partial charge in [0, 0.05) is 23.5 Å². The largest absolute Gasteiger partial charge is 0.366 e. The first kappa shape index (κ1) is 13.6. The molecule has 100 valence electrons. The molecule has 1 aromatic carbocycles. The van der Waals surface area contributed by atoms with Crippen LogP contribution >= 0.6 is 11.6 Å². The highest BCUT2D eigenvalue weighted by Crippen LogP contribution is 2.24. The lowest BCUT2D eigenvalue weighted by Crippen LogP contribution is -2.21. The van der Waals surface area contributed by atoms with Crippen LogP contribution in [0, 0.1) is 6.92 Å². The van der Waals surface area contributed by atoms with E-state index < -0.39 is 15.5 Å². The third kappa shape index (κ3) is 2.80. The van der Waals surface area contributed by atoms with Gasteiger partial charge in [-0.2, -0.15) is 0 Å². The van der Waals surface area contributed by atoms with E-state index in [9.17, 15) is 13.2 Å². The Morgan fingerprint density at radius 3 is 2.68 bits per heavy atom. The molecule has 0 atom stereocenters. The Balaban J connectivity index is 2.46. The first-order valence-corrected chi connectivity index (χ1v) is 7.23. The molecule has 2 aromatic rings. The van der Waals surface area contributed by atoms with E-state index in [1.54, 1.807) is 25.1 Å². The smallest absolute Gasteiger partial charge is 0.267 e. The Morgan fingerprint density at radius 2 is 2.00 bits per heavy atom. The molecule has 0 amide bonds. The van der Waals surface area contributed by atoms with Gasteiger partial charge in [0.15, 0.2) is 4.90 Å². The molecular formula is C12H11ClN2O3S. The topological polar surface area (TPSA) is 79.0 Å². The minimum absolute atomic E-state index is 0.339. The van der Waals surface area contributed by atoms with Gasteiger partial charge in [-0.15, -0.1) is 0 Å². The van der Waals surface area contributed by atoms with Crippen molar-refractivity contribution in [3.63, 3.8) is 0 Å². The summed E-state index contributed by atoms with van der Waals surface area (Å²) in [5.41, 5.74) is 0.363. The first-order chi connectivity index (χ1) is 8.92. The van der Waals surface area contributed by atoms with E-state index in [0.717, 1.165) is 12.3 Å². The van der Waals surface area contributed by atoms with Crippen LogP contribution in [0.3, 0.4) is 0 Å². The van der Waals surface area contributed by atoms with Crippen molar-refractivity contribution in [2.24, 2.45) is 0 Å². The maximum absolute atomic E-state index is 12.1. The van der Waals surface area contributed by atoms with Crippen molar-refractivity contribution in [3.05, 3.63) is 57.5 Å². The molecular weight excluding hydrogens is 288 g/mol. The van der Waals surface area contributed by atoms with Gasteiger partial charge in [-0.1, -0.05) is 17.7 Å². The number of H-pyrrole nitrogens is 1. The van der Waals surface area contributed by atoms with Crippen LogP contribution in [0.1, 0.15) is 5.56 Å². The molecule has 0 radical (unpaired) electrons. The summed E-state index contributed by atoms with van der Waals surface area (Å²) in [7, 11) is -3.94. The number of aromatic amines is 1. The second-order valence-electron chi connectivity index (χ2n) is 3.89. The third-order valence-electron chi connectivity index (χ3n) is 2.59. The van der Waals surface area contributed by atoms with Gasteiger partial charge in [-0.3, -0.25) is 9.52 Å². The molecule has 0 spiro atoms. The minimum atomic E-state index is -3.94. The average molecular weight is 299 g/mol. The van der Waals surface area contributed by atoms with Gasteiger partial charge in [0.2, 0.25) is 5.43 Å². The van der Waals surface area contributed by atoms with Crippen LogP contribution in [-0.4, -0.2) is 13.4 Å². The second-order valence-corrected chi connectivity index (χ2v) is 5.95. The summed E-state index contributed by atoms with van der Waals surface area (Å²) in [4.78, 5) is 13.8. The minimum Gasteiger partial charge on any atom is -0.366 e. The molecule has 0 fully saturated rings. The number of pyridine rings is 1. The fourth-order valence-corrected chi connectivity index (χ4v) is 2.88. The molecule has 5 nitrogen and oxygen atoms in total. The second kappa shape index (κ2) is 5.07. The van der Waals surface area contributed by atoms with E-state index in [4.69, 9.17) is 11.6 Å². The third-order valence-corrected chi connectivity index (χ3v) is 4.39. The number of nitrogens with one attached hydrogen (secondary N) is 2. The van der Waals surface area contributed by atoms with Gasteiger partial charge >= 0.3 is 0 Å². The Hall–Kier alpha value is -1.79. The van der Waals surface area contributed by atoms with E-state index >= 15 is 0 Å². The van der Waals surface area contributed by atoms with Crippen LogP contribution in [0.5, 0.6) is 0 Å². The summed E-state index contributed by atoms with van der Waals surface area (Å²) < 4.78 is 26.6. The molecule has 19 heavy (non-hydrogen) atoms. The van der Waals surface area contributed by atoms with Gasteiger partial charge in [0.25, 0.3) is 10.0 Å². The number of rotatable bonds is 3. The van der Waals surface area contributed by atoms with E-state index in [-0.39, 0.29) is 4.90 Å².